The second-order valence-corrected chi connectivity index (χ2v) is 12.1. The molecule has 2 heterocycles. The number of unbranched alkanes of at least 4 members (excludes halogenated alkanes) is 1. The number of benzene rings is 3. The number of hydrogen-bond acceptors (Lipinski definition) is 8. The second kappa shape index (κ2) is 13.5. The maximum absolute atomic E-state index is 14.5. The largest absolute Gasteiger partial charge is 0.461 e. The number of ether oxygens (including phenoxy) is 2. The number of carbonyl (C=O) groups is 3. The first-order valence-corrected chi connectivity index (χ1v) is 14.9. The number of alkyl carbamates (subject to hydrolysis) is 1. The third-order valence-electron chi connectivity index (χ3n) is 7.37. The van der Waals surface area contributed by atoms with Crippen molar-refractivity contribution in [3.63, 3.8) is 0 Å². The Bertz CT molecular complexity index is 1780. The lowest BCUT2D eigenvalue weighted by atomic mass is 9.97. The van der Waals surface area contributed by atoms with Gasteiger partial charge < -0.3 is 25.4 Å². The molecule has 0 spiro atoms. The summed E-state index contributed by atoms with van der Waals surface area (Å²) in [5.41, 5.74) is 8.88. The van der Waals surface area contributed by atoms with Crippen molar-refractivity contribution >= 4 is 34.8 Å². The highest BCUT2D eigenvalue weighted by molar-refractivity contribution is 6.06. The van der Waals surface area contributed by atoms with Gasteiger partial charge in [0.25, 0.3) is 5.91 Å². The number of aromatic nitrogens is 2. The Morgan fingerprint density at radius 3 is 2.35 bits per heavy atom. The van der Waals surface area contributed by atoms with Crippen LogP contribution in [-0.4, -0.2) is 45.0 Å². The molecule has 0 saturated heterocycles. The van der Waals surface area contributed by atoms with Gasteiger partial charge >= 0.3 is 12.1 Å². The Hall–Kier alpha value is -5.13. The van der Waals surface area contributed by atoms with Gasteiger partial charge in [-0.2, -0.15) is 0 Å². The predicted molar refractivity (Wildman–Crippen MR) is 167 cm³/mol. The summed E-state index contributed by atoms with van der Waals surface area (Å²) in [6, 6.07) is 14.7. The highest BCUT2D eigenvalue weighted by Gasteiger charge is 2.27. The lowest BCUT2D eigenvalue weighted by molar-refractivity contribution is -0.145. The van der Waals surface area contributed by atoms with Crippen molar-refractivity contribution in [1.82, 2.24) is 20.2 Å². The van der Waals surface area contributed by atoms with Gasteiger partial charge in [-0.1, -0.05) is 30.3 Å². The first-order valence-electron chi connectivity index (χ1n) is 14.9. The third kappa shape index (κ3) is 7.74. The molecule has 0 atom stereocenters. The molecular weight excluding hydrogens is 596 g/mol. The van der Waals surface area contributed by atoms with E-state index < -0.39 is 29.3 Å². The molecule has 1 aliphatic rings. The van der Waals surface area contributed by atoms with E-state index in [1.165, 1.54) is 0 Å². The molecule has 46 heavy (non-hydrogen) atoms. The Morgan fingerprint density at radius 1 is 0.957 bits per heavy atom. The van der Waals surface area contributed by atoms with Crippen molar-refractivity contribution in [1.29, 1.82) is 0 Å². The van der Waals surface area contributed by atoms with Crippen LogP contribution >= 0.6 is 0 Å². The Morgan fingerprint density at radius 2 is 1.65 bits per heavy atom. The second-order valence-electron chi connectivity index (χ2n) is 12.1. The van der Waals surface area contributed by atoms with Crippen LogP contribution in [0.1, 0.15) is 67.2 Å². The van der Waals surface area contributed by atoms with Crippen LogP contribution in [0.25, 0.3) is 22.0 Å². The molecule has 0 bridgehead atoms. The van der Waals surface area contributed by atoms with Gasteiger partial charge in [-0.25, -0.2) is 23.5 Å². The monoisotopic (exact) mass is 631 g/mol. The van der Waals surface area contributed by atoms with E-state index >= 15 is 0 Å². The van der Waals surface area contributed by atoms with Crippen LogP contribution in [-0.2, 0) is 34.0 Å². The van der Waals surface area contributed by atoms with Gasteiger partial charge in [-0.05, 0) is 80.1 Å². The zero-order valence-corrected chi connectivity index (χ0v) is 25.9. The van der Waals surface area contributed by atoms with Gasteiger partial charge in [0.05, 0.1) is 5.52 Å². The first kappa shape index (κ1) is 32.3. The van der Waals surface area contributed by atoms with Crippen LogP contribution in [0.3, 0.4) is 0 Å². The van der Waals surface area contributed by atoms with E-state index in [9.17, 15) is 23.2 Å². The number of nitrogen functional groups attached to an aromatic ring is 1. The number of hydrogen-bond donors (Lipinski definition) is 2. The van der Waals surface area contributed by atoms with Gasteiger partial charge in [0, 0.05) is 37.0 Å². The number of nitrogens with one attached hydrogen (secondary N) is 1. The van der Waals surface area contributed by atoms with E-state index in [2.05, 4.69) is 15.3 Å². The molecule has 0 unspecified atom stereocenters. The summed E-state index contributed by atoms with van der Waals surface area (Å²) in [7, 11) is 0. The predicted octanol–water partition coefficient (Wildman–Crippen LogP) is 6.05. The average molecular weight is 632 g/mol. The zero-order valence-electron chi connectivity index (χ0n) is 25.9. The molecule has 1 aliphatic heterocycles. The quantitative estimate of drug-likeness (QED) is 0.168. The van der Waals surface area contributed by atoms with E-state index in [-0.39, 0.29) is 41.7 Å². The summed E-state index contributed by atoms with van der Waals surface area (Å²) in [4.78, 5) is 48.1. The van der Waals surface area contributed by atoms with E-state index in [1.807, 2.05) is 24.3 Å². The molecule has 3 N–H and O–H groups in total. The molecule has 3 aromatic carbocycles. The topological polar surface area (TPSA) is 137 Å². The number of carbonyl (C=O) groups excluding carboxylic acids is 3. The van der Waals surface area contributed by atoms with Crippen molar-refractivity contribution in [2.45, 2.75) is 65.3 Å². The summed E-state index contributed by atoms with van der Waals surface area (Å²) in [6.45, 7) is 6.13. The minimum absolute atomic E-state index is 0.0651. The first-order chi connectivity index (χ1) is 21.9. The lowest BCUT2D eigenvalue weighted by Crippen LogP contribution is -2.33. The van der Waals surface area contributed by atoms with Crippen LogP contribution in [0.2, 0.25) is 0 Å². The number of esters is 1. The molecule has 5 rings (SSSR count). The summed E-state index contributed by atoms with van der Waals surface area (Å²) in [5, 5.41) is 3.01. The molecule has 0 aliphatic carbocycles. The molecular formula is C34H35F2N5O5. The van der Waals surface area contributed by atoms with Crippen LogP contribution < -0.4 is 11.1 Å². The van der Waals surface area contributed by atoms with Gasteiger partial charge in [0.1, 0.15) is 17.9 Å². The summed E-state index contributed by atoms with van der Waals surface area (Å²) < 4.78 is 39.4. The zero-order chi connectivity index (χ0) is 33.0. The normalized spacial score (nSPS) is 12.6. The van der Waals surface area contributed by atoms with Crippen molar-refractivity contribution in [2.75, 3.05) is 12.3 Å². The molecule has 240 valence electrons. The van der Waals surface area contributed by atoms with Crippen LogP contribution in [0, 0.1) is 11.6 Å². The van der Waals surface area contributed by atoms with Crippen LogP contribution in [0.4, 0.5) is 19.5 Å². The number of nitrogens with two attached hydrogens (primary N) is 1. The van der Waals surface area contributed by atoms with E-state index in [1.54, 1.807) is 43.9 Å². The maximum atomic E-state index is 14.5. The molecule has 0 fully saturated rings. The van der Waals surface area contributed by atoms with E-state index in [0.29, 0.717) is 48.9 Å². The smallest absolute Gasteiger partial charge is 0.407 e. The fraction of sp³-hybridized carbons (Fsp3) is 0.324. The summed E-state index contributed by atoms with van der Waals surface area (Å²) in [6.07, 6.45) is 0.475. The minimum atomic E-state index is -1.09. The number of fused-ring (bicyclic) bond motifs is 2. The molecule has 12 heteroatoms. The van der Waals surface area contributed by atoms with E-state index in [4.69, 9.17) is 15.2 Å². The van der Waals surface area contributed by atoms with Crippen LogP contribution in [0.15, 0.2) is 54.6 Å². The van der Waals surface area contributed by atoms with E-state index in [0.717, 1.165) is 23.3 Å². The molecule has 0 saturated carbocycles. The van der Waals surface area contributed by atoms with Crippen molar-refractivity contribution in [3.05, 3.63) is 88.6 Å². The van der Waals surface area contributed by atoms with Gasteiger partial charge in [0.2, 0.25) is 5.95 Å². The Labute approximate surface area is 264 Å². The lowest BCUT2D eigenvalue weighted by Gasteiger charge is -2.19. The number of anilines is 1. The molecule has 10 nitrogen and oxygen atoms in total. The highest BCUT2D eigenvalue weighted by Crippen LogP contribution is 2.32. The van der Waals surface area contributed by atoms with Gasteiger partial charge in [-0.3, -0.25) is 9.59 Å². The number of nitrogens with zero attached hydrogens (tertiary/aromatic N) is 3. The molecule has 1 aromatic heterocycles. The Kier molecular flexibility index (Phi) is 9.45. The number of halogens is 2. The van der Waals surface area contributed by atoms with Crippen LogP contribution in [0.5, 0.6) is 0 Å². The van der Waals surface area contributed by atoms with Gasteiger partial charge in [-0.15, -0.1) is 0 Å². The molecule has 2 amide bonds. The summed E-state index contributed by atoms with van der Waals surface area (Å²) in [5.74, 6) is -3.11. The SMILES string of the molecule is CC(C)(C)OC(=O)NCCCCC(=O)OCc1cc(F)c(F)cc1-c1ccc2nc(N)nc(C(=O)N3Cc4ccccc4C3)c2c1. The van der Waals surface area contributed by atoms with Gasteiger partial charge in [0.15, 0.2) is 11.6 Å². The molecule has 4 aromatic rings. The fourth-order valence-electron chi connectivity index (χ4n) is 5.21. The minimum Gasteiger partial charge on any atom is -0.461 e. The number of rotatable bonds is 9. The van der Waals surface area contributed by atoms with Crippen molar-refractivity contribution in [3.8, 4) is 11.1 Å². The average Bonchev–Trinajstić information content (AvgIpc) is 3.44. The highest BCUT2D eigenvalue weighted by atomic mass is 19.2. The number of amides is 2. The fourth-order valence-corrected chi connectivity index (χ4v) is 5.21. The summed E-state index contributed by atoms with van der Waals surface area (Å²) >= 11 is 0. The molecule has 0 radical (unpaired) electrons. The third-order valence-corrected chi connectivity index (χ3v) is 7.37. The Balaban J connectivity index is 1.30. The van der Waals surface area contributed by atoms with Crippen molar-refractivity contribution in [2.24, 2.45) is 0 Å². The maximum Gasteiger partial charge on any atom is 0.407 e. The standard InChI is InChI=1S/C34H35F2N5O5/c1-34(2,3)46-33(44)38-13-7-6-10-29(42)45-19-23-15-26(35)27(36)16-24(23)20-11-12-28-25(14-20)30(40-32(37)39-28)31(43)41-17-21-8-4-5-9-22(21)18-41/h4-5,8-9,11-12,14-16H,6-7,10,13,17-19H2,1-3H3,(H,38,44)(H2,37,39,40). The van der Waals surface area contributed by atoms with Crippen molar-refractivity contribution < 1.29 is 32.6 Å².